The van der Waals surface area contributed by atoms with Crippen molar-refractivity contribution in [2.45, 2.75) is 6.92 Å². The van der Waals surface area contributed by atoms with Crippen LogP contribution in [0.3, 0.4) is 0 Å². The fourth-order valence-corrected chi connectivity index (χ4v) is 0.547. The summed E-state index contributed by atoms with van der Waals surface area (Å²) in [6, 6.07) is 4.12. The zero-order chi connectivity index (χ0) is 7.98. The number of amides is 1. The van der Waals surface area contributed by atoms with Crippen LogP contribution in [0.5, 0.6) is 0 Å². The van der Waals surface area contributed by atoms with Gasteiger partial charge in [0, 0.05) is 18.9 Å². The number of aromatic nitrogens is 1. The number of rotatable bonds is 0. The van der Waals surface area contributed by atoms with Gasteiger partial charge in [-0.25, -0.2) is 0 Å². The van der Waals surface area contributed by atoms with Crippen LogP contribution in [0.2, 0.25) is 0 Å². The third-order valence-corrected chi connectivity index (χ3v) is 1.20. The van der Waals surface area contributed by atoms with E-state index < -0.39 is 0 Å². The lowest BCUT2D eigenvalue weighted by atomic mass is 10.5. The van der Waals surface area contributed by atoms with E-state index >= 15 is 0 Å². The largest absolute Gasteiger partial charge is 0.372 e. The Labute approximate surface area is 60.5 Å². The number of nitrogens with zero attached hydrogens (tertiary/aromatic N) is 1. The molecule has 0 aromatic carbocycles. The van der Waals surface area contributed by atoms with Crippen LogP contribution in [-0.2, 0) is 11.8 Å². The molecule has 0 radical (unpaired) electrons. The number of primary amides is 1. The molecule has 56 valence electrons. The summed E-state index contributed by atoms with van der Waals surface area (Å²) in [4.78, 5) is 8.58. The summed E-state index contributed by atoms with van der Waals surface area (Å²) in [5.41, 5.74) is 5.47. The molecule has 2 N–H and O–H groups in total. The van der Waals surface area contributed by atoms with Crippen LogP contribution in [0, 0.1) is 6.92 Å². The third kappa shape index (κ3) is 2.91. The van der Waals surface area contributed by atoms with Gasteiger partial charge in [-0.1, -0.05) is 0 Å². The summed E-state index contributed by atoms with van der Waals surface area (Å²) < 4.78 is 2.08. The third-order valence-electron chi connectivity index (χ3n) is 1.20. The van der Waals surface area contributed by atoms with Crippen molar-refractivity contribution in [3.05, 3.63) is 24.0 Å². The minimum absolute atomic E-state index is 0.250. The first-order valence-electron chi connectivity index (χ1n) is 2.95. The molecule has 0 aliphatic heterocycles. The molecule has 1 aromatic heterocycles. The van der Waals surface area contributed by atoms with Gasteiger partial charge < -0.3 is 10.3 Å². The fourth-order valence-electron chi connectivity index (χ4n) is 0.547. The molecule has 0 aliphatic rings. The van der Waals surface area contributed by atoms with Gasteiger partial charge >= 0.3 is 0 Å². The van der Waals surface area contributed by atoms with Crippen molar-refractivity contribution in [3.8, 4) is 0 Å². The Hall–Kier alpha value is -1.25. The van der Waals surface area contributed by atoms with E-state index in [0.717, 1.165) is 0 Å². The molecule has 1 rings (SSSR count). The van der Waals surface area contributed by atoms with Crippen molar-refractivity contribution in [1.29, 1.82) is 0 Å². The summed E-state index contributed by atoms with van der Waals surface area (Å²) in [6.45, 7) is 2.08. The average Bonchev–Trinajstić information content (AvgIpc) is 2.19. The second kappa shape index (κ2) is 4.61. The van der Waals surface area contributed by atoms with Gasteiger partial charge in [-0.05, 0) is 19.1 Å². The number of carbonyl (C=O) groups excluding carboxylic acids is 1. The fraction of sp³-hybridized carbons (Fsp3) is 0.286. The molecule has 0 bridgehead atoms. The highest BCUT2D eigenvalue weighted by atomic mass is 16.1. The number of hydrogen-bond donors (Lipinski definition) is 1. The lowest BCUT2D eigenvalue weighted by Crippen LogP contribution is -1.84. The average molecular weight is 140 g/mol. The van der Waals surface area contributed by atoms with Gasteiger partial charge in [-0.2, -0.15) is 0 Å². The van der Waals surface area contributed by atoms with E-state index in [1.54, 1.807) is 0 Å². The molecule has 3 heteroatoms. The van der Waals surface area contributed by atoms with E-state index in [1.165, 1.54) is 5.69 Å². The van der Waals surface area contributed by atoms with Gasteiger partial charge in [0.1, 0.15) is 0 Å². The van der Waals surface area contributed by atoms with Crippen molar-refractivity contribution >= 4 is 6.41 Å². The Morgan fingerprint density at radius 3 is 2.30 bits per heavy atom. The maximum absolute atomic E-state index is 8.58. The molecule has 0 unspecified atom stereocenters. The Morgan fingerprint density at radius 2 is 2.20 bits per heavy atom. The molecule has 0 spiro atoms. The maximum atomic E-state index is 8.58. The van der Waals surface area contributed by atoms with E-state index in [2.05, 4.69) is 23.3 Å². The van der Waals surface area contributed by atoms with Gasteiger partial charge in [0.15, 0.2) is 0 Å². The molecule has 0 atom stereocenters. The number of nitrogens with two attached hydrogens (primary N) is 1. The van der Waals surface area contributed by atoms with Gasteiger partial charge in [-0.15, -0.1) is 0 Å². The summed E-state index contributed by atoms with van der Waals surface area (Å²) in [5, 5.41) is 0. The van der Waals surface area contributed by atoms with Crippen LogP contribution >= 0.6 is 0 Å². The van der Waals surface area contributed by atoms with Crippen LogP contribution in [0.4, 0.5) is 0 Å². The van der Waals surface area contributed by atoms with Crippen LogP contribution < -0.4 is 5.73 Å². The van der Waals surface area contributed by atoms with Gasteiger partial charge in [0.25, 0.3) is 0 Å². The second-order valence-electron chi connectivity index (χ2n) is 1.90. The summed E-state index contributed by atoms with van der Waals surface area (Å²) in [7, 11) is 2.04. The van der Waals surface area contributed by atoms with Crippen molar-refractivity contribution in [2.24, 2.45) is 12.8 Å². The zero-order valence-corrected chi connectivity index (χ0v) is 6.24. The molecule has 0 fully saturated rings. The predicted octanol–water partition coefficient (Wildman–Crippen LogP) is 0.435. The Balaban J connectivity index is 0.000000236. The first kappa shape index (κ1) is 8.75. The lowest BCUT2D eigenvalue weighted by molar-refractivity contribution is -0.106. The van der Waals surface area contributed by atoms with Crippen molar-refractivity contribution in [2.75, 3.05) is 0 Å². The molecule has 1 heterocycles. The topological polar surface area (TPSA) is 48.0 Å². The van der Waals surface area contributed by atoms with E-state index in [1.807, 2.05) is 19.3 Å². The van der Waals surface area contributed by atoms with E-state index in [-0.39, 0.29) is 6.41 Å². The summed E-state index contributed by atoms with van der Waals surface area (Å²) >= 11 is 0. The lowest BCUT2D eigenvalue weighted by Gasteiger charge is -1.89. The van der Waals surface area contributed by atoms with E-state index in [4.69, 9.17) is 4.79 Å². The number of aryl methyl sites for hydroxylation is 2. The van der Waals surface area contributed by atoms with E-state index in [9.17, 15) is 0 Å². The predicted molar refractivity (Wildman–Crippen MR) is 40.4 cm³/mol. The van der Waals surface area contributed by atoms with Gasteiger partial charge in [-0.3, -0.25) is 4.79 Å². The van der Waals surface area contributed by atoms with Crippen molar-refractivity contribution < 1.29 is 4.79 Å². The monoisotopic (exact) mass is 140 g/mol. The molecule has 1 aromatic rings. The van der Waals surface area contributed by atoms with Crippen molar-refractivity contribution in [3.63, 3.8) is 0 Å². The highest BCUT2D eigenvalue weighted by Crippen LogP contribution is 1.93. The highest BCUT2D eigenvalue weighted by molar-refractivity contribution is 5.42. The summed E-state index contributed by atoms with van der Waals surface area (Å²) in [5.74, 6) is 0. The molecule has 0 saturated heterocycles. The molecule has 1 amide bonds. The van der Waals surface area contributed by atoms with Gasteiger partial charge in [0.05, 0.1) is 0 Å². The minimum atomic E-state index is 0.250. The van der Waals surface area contributed by atoms with E-state index in [0.29, 0.717) is 0 Å². The minimum Gasteiger partial charge on any atom is -0.372 e. The molecular formula is C7H12N2O. The second-order valence-corrected chi connectivity index (χ2v) is 1.90. The van der Waals surface area contributed by atoms with Crippen LogP contribution in [0.15, 0.2) is 18.3 Å². The first-order chi connectivity index (χ1) is 4.72. The number of carbonyl (C=O) groups is 1. The first-order valence-corrected chi connectivity index (χ1v) is 2.95. The summed E-state index contributed by atoms with van der Waals surface area (Å²) in [6.07, 6.45) is 2.29. The molecule has 3 nitrogen and oxygen atoms in total. The van der Waals surface area contributed by atoms with Crippen LogP contribution in [-0.4, -0.2) is 11.0 Å². The zero-order valence-electron chi connectivity index (χ0n) is 6.24. The van der Waals surface area contributed by atoms with Crippen molar-refractivity contribution in [1.82, 2.24) is 4.57 Å². The molecular weight excluding hydrogens is 128 g/mol. The molecule has 0 saturated carbocycles. The van der Waals surface area contributed by atoms with Crippen LogP contribution in [0.1, 0.15) is 5.69 Å². The SMILES string of the molecule is Cc1cccn1C.NC=O. The maximum Gasteiger partial charge on any atom is 0.204 e. The smallest absolute Gasteiger partial charge is 0.204 e. The Morgan fingerprint density at radius 1 is 1.70 bits per heavy atom. The standard InChI is InChI=1S/C6H9N.CH3NO/c1-6-4-3-5-7(6)2;2-1-3/h3-5H,1-2H3;1H,(H2,2,3). The molecule has 10 heavy (non-hydrogen) atoms. The highest BCUT2D eigenvalue weighted by Gasteiger charge is 1.81. The normalized spacial score (nSPS) is 7.80. The number of hydrogen-bond acceptors (Lipinski definition) is 1. The quantitative estimate of drug-likeness (QED) is 0.522. The Kier molecular flexibility index (Phi) is 4.04. The Bertz CT molecular complexity index is 177. The molecule has 0 aliphatic carbocycles. The van der Waals surface area contributed by atoms with Crippen LogP contribution in [0.25, 0.3) is 0 Å². The van der Waals surface area contributed by atoms with Gasteiger partial charge in [0.2, 0.25) is 6.41 Å².